The van der Waals surface area contributed by atoms with Gasteiger partial charge in [-0.25, -0.2) is 0 Å². The Labute approximate surface area is 136 Å². The molecule has 0 spiro atoms. The van der Waals surface area contributed by atoms with E-state index < -0.39 is 0 Å². The van der Waals surface area contributed by atoms with E-state index in [0.717, 1.165) is 60.2 Å². The Balaban J connectivity index is 1.65. The average Bonchev–Trinajstić information content (AvgIpc) is 2.72. The molecule has 1 saturated heterocycles. The van der Waals surface area contributed by atoms with Crippen molar-refractivity contribution in [3.63, 3.8) is 0 Å². The molecule has 23 heavy (non-hydrogen) atoms. The summed E-state index contributed by atoms with van der Waals surface area (Å²) in [5.74, 6) is 0.815. The predicted molar refractivity (Wildman–Crippen MR) is 91.5 cm³/mol. The van der Waals surface area contributed by atoms with Gasteiger partial charge in [-0.2, -0.15) is 0 Å². The van der Waals surface area contributed by atoms with E-state index in [9.17, 15) is 9.90 Å². The number of pyridine rings is 1. The van der Waals surface area contributed by atoms with E-state index in [2.05, 4.69) is 16.0 Å². The summed E-state index contributed by atoms with van der Waals surface area (Å²) in [4.78, 5) is 18.4. The van der Waals surface area contributed by atoms with Crippen LogP contribution >= 0.6 is 0 Å². The summed E-state index contributed by atoms with van der Waals surface area (Å²) >= 11 is 0. The summed E-state index contributed by atoms with van der Waals surface area (Å²) in [6, 6.07) is 5.83. The number of benzene rings is 1. The minimum absolute atomic E-state index is 0.106. The minimum atomic E-state index is -0.119. The van der Waals surface area contributed by atoms with Crippen LogP contribution in [-0.2, 0) is 6.54 Å². The van der Waals surface area contributed by atoms with Crippen LogP contribution in [0.1, 0.15) is 29.7 Å². The summed E-state index contributed by atoms with van der Waals surface area (Å²) in [6.07, 6.45) is 2.15. The van der Waals surface area contributed by atoms with Gasteiger partial charge in [0.2, 0.25) is 0 Å². The highest BCUT2D eigenvalue weighted by Gasteiger charge is 2.40. The summed E-state index contributed by atoms with van der Waals surface area (Å²) in [6.45, 7) is 6.66. The number of aromatic nitrogens is 1. The van der Waals surface area contributed by atoms with Gasteiger partial charge >= 0.3 is 0 Å². The number of fused-ring (bicyclic) bond motifs is 3. The summed E-state index contributed by atoms with van der Waals surface area (Å²) in [5, 5.41) is 11.0. The van der Waals surface area contributed by atoms with Gasteiger partial charge < -0.3 is 10.1 Å². The second-order valence-electron chi connectivity index (χ2n) is 7.39. The molecule has 2 N–H and O–H groups in total. The number of aliphatic hydroxyl groups is 1. The molecular formula is C19H24N2O2. The normalized spacial score (nSPS) is 27.7. The number of nitrogens with zero attached hydrogens (tertiary/aromatic N) is 1. The zero-order chi connectivity index (χ0) is 16.1. The van der Waals surface area contributed by atoms with Gasteiger partial charge in [0.25, 0.3) is 0 Å². The molecule has 122 valence electrons. The van der Waals surface area contributed by atoms with Crippen LogP contribution in [0.3, 0.4) is 0 Å². The van der Waals surface area contributed by atoms with Crippen molar-refractivity contribution in [1.29, 1.82) is 0 Å². The molecule has 2 aromatic rings. The highest BCUT2D eigenvalue weighted by Crippen LogP contribution is 2.37. The molecule has 0 radical (unpaired) electrons. The number of hydrogen-bond donors (Lipinski definition) is 2. The molecule has 1 aliphatic heterocycles. The molecule has 4 rings (SSSR count). The van der Waals surface area contributed by atoms with E-state index in [-0.39, 0.29) is 11.5 Å². The predicted octanol–water partition coefficient (Wildman–Crippen LogP) is 2.35. The van der Waals surface area contributed by atoms with Gasteiger partial charge in [0, 0.05) is 36.8 Å². The summed E-state index contributed by atoms with van der Waals surface area (Å²) < 4.78 is 0. The van der Waals surface area contributed by atoms with E-state index in [1.807, 2.05) is 19.9 Å². The maximum absolute atomic E-state index is 12.5. The van der Waals surface area contributed by atoms with Crippen LogP contribution in [-0.4, -0.2) is 34.2 Å². The summed E-state index contributed by atoms with van der Waals surface area (Å²) in [7, 11) is 0. The molecule has 4 heteroatoms. The lowest BCUT2D eigenvalue weighted by molar-refractivity contribution is 0.0135. The Kier molecular flexibility index (Phi) is 3.54. The lowest BCUT2D eigenvalue weighted by Gasteiger charge is -2.35. The van der Waals surface area contributed by atoms with Crippen LogP contribution in [0, 0.1) is 25.7 Å². The van der Waals surface area contributed by atoms with E-state index >= 15 is 0 Å². The molecule has 4 nitrogen and oxygen atoms in total. The van der Waals surface area contributed by atoms with Crippen molar-refractivity contribution in [2.75, 3.05) is 13.1 Å². The number of H-pyrrole nitrogens is 1. The fourth-order valence-corrected chi connectivity index (χ4v) is 4.46. The third-order valence-electron chi connectivity index (χ3n) is 5.71. The van der Waals surface area contributed by atoms with Gasteiger partial charge in [0.05, 0.1) is 11.6 Å². The number of piperidine rings is 1. The van der Waals surface area contributed by atoms with Gasteiger partial charge in [0.1, 0.15) is 0 Å². The number of aryl methyl sites for hydroxylation is 2. The van der Waals surface area contributed by atoms with E-state index in [1.165, 1.54) is 0 Å². The first-order valence-corrected chi connectivity index (χ1v) is 8.55. The Morgan fingerprint density at radius 2 is 1.83 bits per heavy atom. The SMILES string of the molecule is Cc1ccc(C)c2c(=O)cc(CN3C[C@H]4CC[C@@H](C3)C4O)[nH]c12. The van der Waals surface area contributed by atoms with E-state index in [1.54, 1.807) is 6.07 Å². The quantitative estimate of drug-likeness (QED) is 0.895. The summed E-state index contributed by atoms with van der Waals surface area (Å²) in [5.41, 5.74) is 4.19. The Morgan fingerprint density at radius 3 is 2.52 bits per heavy atom. The number of aromatic amines is 1. The van der Waals surface area contributed by atoms with E-state index in [0.29, 0.717) is 11.8 Å². The molecule has 2 heterocycles. The van der Waals surface area contributed by atoms with Gasteiger partial charge in [-0.3, -0.25) is 9.69 Å². The number of hydrogen-bond acceptors (Lipinski definition) is 3. The van der Waals surface area contributed by atoms with Crippen molar-refractivity contribution in [2.24, 2.45) is 11.8 Å². The molecule has 1 saturated carbocycles. The number of rotatable bonds is 2. The Bertz CT molecular complexity index is 797. The lowest BCUT2D eigenvalue weighted by Crippen LogP contribution is -2.44. The zero-order valence-corrected chi connectivity index (χ0v) is 13.8. The lowest BCUT2D eigenvalue weighted by atomic mass is 9.95. The van der Waals surface area contributed by atoms with Crippen molar-refractivity contribution in [3.8, 4) is 0 Å². The molecule has 2 aliphatic rings. The fraction of sp³-hybridized carbons (Fsp3) is 0.526. The molecule has 1 aromatic carbocycles. The molecular weight excluding hydrogens is 288 g/mol. The van der Waals surface area contributed by atoms with Crippen molar-refractivity contribution in [2.45, 2.75) is 39.3 Å². The van der Waals surface area contributed by atoms with Crippen LogP contribution < -0.4 is 5.43 Å². The molecule has 3 atom stereocenters. The molecule has 1 aliphatic carbocycles. The number of nitrogens with one attached hydrogen (secondary N) is 1. The second kappa shape index (κ2) is 5.46. The maximum Gasteiger partial charge on any atom is 0.189 e. The van der Waals surface area contributed by atoms with Crippen molar-refractivity contribution < 1.29 is 5.11 Å². The molecule has 1 aromatic heterocycles. The average molecular weight is 312 g/mol. The van der Waals surface area contributed by atoms with Crippen LogP contribution in [0.15, 0.2) is 23.0 Å². The molecule has 1 unspecified atom stereocenters. The van der Waals surface area contributed by atoms with Crippen molar-refractivity contribution in [3.05, 3.63) is 45.2 Å². The van der Waals surface area contributed by atoms with Crippen LogP contribution in [0.5, 0.6) is 0 Å². The zero-order valence-electron chi connectivity index (χ0n) is 13.8. The standard InChI is InChI=1S/C19H24N2O2/c1-11-3-4-12(2)18-17(11)16(22)7-15(20-18)10-21-8-13-5-6-14(9-21)19(13)23/h3-4,7,13-14,19,23H,5-6,8-10H2,1-2H3,(H,20,22)/t13-,14+,19?. The van der Waals surface area contributed by atoms with Crippen LogP contribution in [0.4, 0.5) is 0 Å². The Hall–Kier alpha value is -1.65. The van der Waals surface area contributed by atoms with Crippen LogP contribution in [0.2, 0.25) is 0 Å². The Morgan fingerprint density at radius 1 is 1.17 bits per heavy atom. The van der Waals surface area contributed by atoms with Gasteiger partial charge in [-0.1, -0.05) is 12.1 Å². The first kappa shape index (κ1) is 14.9. The van der Waals surface area contributed by atoms with Crippen LogP contribution in [0.25, 0.3) is 10.9 Å². The molecule has 0 amide bonds. The molecule has 2 bridgehead atoms. The van der Waals surface area contributed by atoms with E-state index in [4.69, 9.17) is 0 Å². The largest absolute Gasteiger partial charge is 0.392 e. The number of aliphatic hydroxyl groups excluding tert-OH is 1. The van der Waals surface area contributed by atoms with Gasteiger partial charge in [-0.05, 0) is 49.7 Å². The van der Waals surface area contributed by atoms with Gasteiger partial charge in [-0.15, -0.1) is 0 Å². The topological polar surface area (TPSA) is 56.3 Å². The third-order valence-corrected chi connectivity index (χ3v) is 5.71. The smallest absolute Gasteiger partial charge is 0.189 e. The highest BCUT2D eigenvalue weighted by atomic mass is 16.3. The third kappa shape index (κ3) is 2.50. The maximum atomic E-state index is 12.5. The monoisotopic (exact) mass is 312 g/mol. The van der Waals surface area contributed by atoms with Gasteiger partial charge in [0.15, 0.2) is 5.43 Å². The van der Waals surface area contributed by atoms with Crippen molar-refractivity contribution in [1.82, 2.24) is 9.88 Å². The fourth-order valence-electron chi connectivity index (χ4n) is 4.46. The molecule has 2 fully saturated rings. The van der Waals surface area contributed by atoms with Crippen molar-refractivity contribution >= 4 is 10.9 Å². The highest BCUT2D eigenvalue weighted by molar-refractivity contribution is 5.84. The first-order valence-electron chi connectivity index (χ1n) is 8.55. The second-order valence-corrected chi connectivity index (χ2v) is 7.39. The minimum Gasteiger partial charge on any atom is -0.392 e. The number of likely N-dealkylation sites (tertiary alicyclic amines) is 1. The first-order chi connectivity index (χ1) is 11.0.